The largest absolute Gasteiger partial charge is 2.00 e. The van der Waals surface area contributed by atoms with Gasteiger partial charge >= 0.3 is 48.9 Å². The van der Waals surface area contributed by atoms with E-state index < -0.39 is 11.9 Å². The number of hydrogen-bond acceptors (Lipinski definition) is 8. The number of unbranched alkanes of at least 4 members (excludes halogenated alkanes) is 12. The van der Waals surface area contributed by atoms with E-state index in [1.54, 1.807) is 0 Å². The van der Waals surface area contributed by atoms with Crippen LogP contribution in [0.25, 0.3) is 0 Å². The maximum absolute atomic E-state index is 10.3. The summed E-state index contributed by atoms with van der Waals surface area (Å²) in [5.74, 6) is -1.91. The minimum atomic E-state index is -0.956. The van der Waals surface area contributed by atoms with Gasteiger partial charge in [0.2, 0.25) is 0 Å². The predicted octanol–water partition coefficient (Wildman–Crippen LogP) is 9.95. The molecule has 0 saturated carbocycles. The number of carboxylic acids is 2. The zero-order valence-electron chi connectivity index (χ0n) is 37.3. The van der Waals surface area contributed by atoms with Crippen molar-refractivity contribution in [2.24, 2.45) is 0 Å². The van der Waals surface area contributed by atoms with Crippen molar-refractivity contribution in [3.8, 4) is 0 Å². The number of hydrogen-bond donors (Lipinski definition) is 2. The van der Waals surface area contributed by atoms with Crippen LogP contribution in [0.3, 0.4) is 0 Å². The molecular formula is C50H82BaO8. The summed E-state index contributed by atoms with van der Waals surface area (Å²) in [4.78, 5) is 20.7. The Labute approximate surface area is 400 Å². The summed E-state index contributed by atoms with van der Waals surface area (Å²) in [6, 6.07) is 20.7. The molecule has 0 saturated heterocycles. The zero-order valence-corrected chi connectivity index (χ0v) is 41.8. The van der Waals surface area contributed by atoms with Crippen LogP contribution < -0.4 is 10.2 Å². The van der Waals surface area contributed by atoms with Crippen molar-refractivity contribution in [2.45, 2.75) is 231 Å². The molecule has 0 aliphatic heterocycles. The standard InChI is InChI=1S/2C25H42O4.Ba/c2*1-2-3-18-24(29-21-22-14-8-7-9-15-22)19-13-12-17-23(26)16-10-5-4-6-11-20-25(27)28;/h2*7-9,14-15,23-24,26H,2-6,10-13,16-21H2,1H3,(H,27,28);/q;;+2/p-2. The van der Waals surface area contributed by atoms with Gasteiger partial charge in [0.15, 0.2) is 0 Å². The van der Waals surface area contributed by atoms with Gasteiger partial charge in [-0.05, 0) is 88.2 Å². The van der Waals surface area contributed by atoms with Crippen molar-refractivity contribution < 1.29 is 39.5 Å². The van der Waals surface area contributed by atoms with Crippen molar-refractivity contribution in [1.29, 1.82) is 0 Å². The van der Waals surface area contributed by atoms with Crippen LogP contribution in [-0.4, -0.2) is 95.4 Å². The second-order valence-electron chi connectivity index (χ2n) is 16.4. The number of carbonyl (C=O) groups is 2. The molecule has 0 aliphatic rings. The SMILES string of the molecule is CCCCC(CCCCC(O)CCCCCCCC(=O)[O-])OCc1ccccc1.CCCCC(CCCCC(O)CCCCCCCC(=O)[O-])OCc1ccccc1.[Ba+2]. The molecule has 59 heavy (non-hydrogen) atoms. The van der Waals surface area contributed by atoms with Crippen LogP contribution in [0.2, 0.25) is 0 Å². The molecule has 0 heterocycles. The van der Waals surface area contributed by atoms with Crippen LogP contribution >= 0.6 is 0 Å². The fourth-order valence-electron chi connectivity index (χ4n) is 7.21. The van der Waals surface area contributed by atoms with Crippen molar-refractivity contribution in [3.63, 3.8) is 0 Å². The molecule has 0 bridgehead atoms. The molecule has 332 valence electrons. The molecular weight excluding hydrogens is 866 g/mol. The Balaban J connectivity index is 0.00000112. The minimum Gasteiger partial charge on any atom is -0.550 e. The molecule has 8 nitrogen and oxygen atoms in total. The summed E-state index contributed by atoms with van der Waals surface area (Å²) < 4.78 is 12.3. The van der Waals surface area contributed by atoms with Crippen LogP contribution in [0.1, 0.15) is 205 Å². The van der Waals surface area contributed by atoms with Gasteiger partial charge in [0.1, 0.15) is 0 Å². The molecule has 0 spiro atoms. The first-order chi connectivity index (χ1) is 28.2. The second kappa shape index (κ2) is 42.1. The minimum absolute atomic E-state index is 0. The van der Waals surface area contributed by atoms with Gasteiger partial charge in [0, 0.05) is 11.9 Å². The van der Waals surface area contributed by atoms with Crippen molar-refractivity contribution in [2.75, 3.05) is 0 Å². The van der Waals surface area contributed by atoms with Gasteiger partial charge in [0.05, 0.1) is 37.6 Å². The Morgan fingerprint density at radius 1 is 0.458 bits per heavy atom. The Morgan fingerprint density at radius 2 is 0.746 bits per heavy atom. The second-order valence-corrected chi connectivity index (χ2v) is 16.4. The molecule has 0 aliphatic carbocycles. The van der Waals surface area contributed by atoms with E-state index in [0.29, 0.717) is 38.3 Å². The summed E-state index contributed by atoms with van der Waals surface area (Å²) in [5, 5.41) is 41.0. The fraction of sp³-hybridized carbons (Fsp3) is 0.720. The average molecular weight is 949 g/mol. The van der Waals surface area contributed by atoms with E-state index in [0.717, 1.165) is 128 Å². The summed E-state index contributed by atoms with van der Waals surface area (Å²) in [6.45, 7) is 5.80. The van der Waals surface area contributed by atoms with E-state index >= 15 is 0 Å². The molecule has 0 fully saturated rings. The first-order valence-electron chi connectivity index (χ1n) is 23.3. The van der Waals surface area contributed by atoms with Crippen LogP contribution in [-0.2, 0) is 32.3 Å². The Morgan fingerprint density at radius 3 is 1.08 bits per heavy atom. The number of ether oxygens (including phenoxy) is 2. The van der Waals surface area contributed by atoms with Crippen LogP contribution in [0.4, 0.5) is 0 Å². The number of aliphatic carboxylic acids is 2. The molecule has 2 aromatic carbocycles. The number of aliphatic hydroxyl groups is 2. The topological polar surface area (TPSA) is 139 Å². The molecule has 9 heteroatoms. The first kappa shape index (κ1) is 57.8. The van der Waals surface area contributed by atoms with Crippen molar-refractivity contribution in [1.82, 2.24) is 0 Å². The van der Waals surface area contributed by atoms with Gasteiger partial charge in [0.25, 0.3) is 0 Å². The van der Waals surface area contributed by atoms with E-state index in [1.807, 2.05) is 12.1 Å². The number of benzene rings is 2. The molecule has 0 amide bonds. The monoisotopic (exact) mass is 949 g/mol. The Bertz CT molecular complexity index is 1110. The predicted molar refractivity (Wildman–Crippen MR) is 238 cm³/mol. The normalized spacial score (nSPS) is 13.1. The summed E-state index contributed by atoms with van der Waals surface area (Å²) in [5.41, 5.74) is 2.45. The van der Waals surface area contributed by atoms with Gasteiger partial charge in [-0.2, -0.15) is 0 Å². The average Bonchev–Trinajstić information content (AvgIpc) is 3.22. The molecule has 0 aromatic heterocycles. The van der Waals surface area contributed by atoms with Gasteiger partial charge < -0.3 is 39.5 Å². The smallest absolute Gasteiger partial charge is 0.550 e. The maximum atomic E-state index is 10.3. The van der Waals surface area contributed by atoms with Crippen molar-refractivity contribution >= 4 is 60.8 Å². The zero-order chi connectivity index (χ0) is 42.3. The summed E-state index contributed by atoms with van der Waals surface area (Å²) >= 11 is 0. The van der Waals surface area contributed by atoms with Crippen LogP contribution in [0, 0.1) is 0 Å². The quantitative estimate of drug-likeness (QED) is 0.0501. The van der Waals surface area contributed by atoms with Gasteiger partial charge in [-0.1, -0.05) is 177 Å². The maximum Gasteiger partial charge on any atom is 2.00 e. The van der Waals surface area contributed by atoms with Crippen molar-refractivity contribution in [3.05, 3.63) is 71.8 Å². The Kier molecular flexibility index (Phi) is 41.2. The van der Waals surface area contributed by atoms with Gasteiger partial charge in [-0.15, -0.1) is 0 Å². The number of aliphatic hydroxyl groups excluding tert-OH is 2. The van der Waals surface area contributed by atoms with Crippen LogP contribution in [0.15, 0.2) is 60.7 Å². The first-order valence-corrected chi connectivity index (χ1v) is 23.3. The number of carbonyl (C=O) groups excluding carboxylic acids is 2. The fourth-order valence-corrected chi connectivity index (χ4v) is 7.21. The third-order valence-electron chi connectivity index (χ3n) is 10.9. The third-order valence-corrected chi connectivity index (χ3v) is 10.9. The van der Waals surface area contributed by atoms with E-state index in [2.05, 4.69) is 62.4 Å². The molecule has 2 N–H and O–H groups in total. The van der Waals surface area contributed by atoms with E-state index in [1.165, 1.54) is 36.8 Å². The van der Waals surface area contributed by atoms with Crippen LogP contribution in [0.5, 0.6) is 0 Å². The molecule has 4 unspecified atom stereocenters. The molecule has 2 rings (SSSR count). The van der Waals surface area contributed by atoms with E-state index in [9.17, 15) is 30.0 Å². The number of rotatable bonds is 38. The summed E-state index contributed by atoms with van der Waals surface area (Å²) in [7, 11) is 0. The Hall–Kier alpha value is -1.21. The van der Waals surface area contributed by atoms with E-state index in [4.69, 9.17) is 9.47 Å². The molecule has 0 radical (unpaired) electrons. The number of carboxylic acid groups (broad SMARTS) is 2. The molecule has 2 aromatic rings. The third kappa shape index (κ3) is 38.2. The van der Waals surface area contributed by atoms with Gasteiger partial charge in [-0.3, -0.25) is 0 Å². The van der Waals surface area contributed by atoms with E-state index in [-0.39, 0.29) is 73.9 Å². The summed E-state index contributed by atoms with van der Waals surface area (Å²) in [6.07, 6.45) is 26.9. The van der Waals surface area contributed by atoms with Gasteiger partial charge in [-0.25, -0.2) is 0 Å². The molecule has 4 atom stereocenters.